The number of sulfonamides is 1. The highest BCUT2D eigenvalue weighted by Gasteiger charge is 2.21. The van der Waals surface area contributed by atoms with Gasteiger partial charge in [-0.05, 0) is 55.7 Å². The van der Waals surface area contributed by atoms with Gasteiger partial charge in [0.15, 0.2) is 0 Å². The van der Waals surface area contributed by atoms with E-state index < -0.39 is 10.0 Å². The number of hydrogen-bond acceptors (Lipinski definition) is 4. The van der Waals surface area contributed by atoms with Crippen molar-refractivity contribution in [3.8, 4) is 0 Å². The molecule has 0 saturated heterocycles. The number of para-hydroxylation sites is 1. The molecular formula is C22H25N3O3S. The van der Waals surface area contributed by atoms with Crippen molar-refractivity contribution in [1.29, 1.82) is 0 Å². The van der Waals surface area contributed by atoms with Crippen LogP contribution in [-0.4, -0.2) is 31.3 Å². The highest BCUT2D eigenvalue weighted by molar-refractivity contribution is 7.89. The molecule has 0 aliphatic heterocycles. The van der Waals surface area contributed by atoms with Gasteiger partial charge in [0.2, 0.25) is 15.9 Å². The Balaban J connectivity index is 1.87. The Morgan fingerprint density at radius 3 is 2.52 bits per heavy atom. The number of likely N-dealkylation sites (N-methyl/N-ethyl adjacent to an activating group) is 1. The van der Waals surface area contributed by atoms with E-state index in [9.17, 15) is 13.2 Å². The van der Waals surface area contributed by atoms with Crippen LogP contribution in [-0.2, 0) is 21.2 Å². The van der Waals surface area contributed by atoms with E-state index in [4.69, 9.17) is 5.14 Å². The SMILES string of the molecule is Cc1nc2ccccc2c(C)c1CC(=O)N(C)C(C)c1cccc(S(N)(=O)=O)c1. The number of amides is 1. The van der Waals surface area contributed by atoms with Gasteiger partial charge in [0, 0.05) is 18.1 Å². The summed E-state index contributed by atoms with van der Waals surface area (Å²) in [6.45, 7) is 5.79. The minimum absolute atomic E-state index is 0.0353. The fourth-order valence-corrected chi connectivity index (χ4v) is 4.07. The third kappa shape index (κ3) is 4.31. The first-order valence-corrected chi connectivity index (χ1v) is 10.9. The Bertz CT molecular complexity index is 1190. The number of pyridine rings is 1. The van der Waals surface area contributed by atoms with Crippen molar-refractivity contribution < 1.29 is 13.2 Å². The summed E-state index contributed by atoms with van der Waals surface area (Å²) in [7, 11) is -2.08. The molecule has 0 radical (unpaired) electrons. The zero-order valence-corrected chi connectivity index (χ0v) is 17.8. The Morgan fingerprint density at radius 2 is 1.83 bits per heavy atom. The number of aromatic nitrogens is 1. The van der Waals surface area contributed by atoms with Gasteiger partial charge in [0.25, 0.3) is 0 Å². The van der Waals surface area contributed by atoms with E-state index >= 15 is 0 Å². The Hall–Kier alpha value is -2.77. The van der Waals surface area contributed by atoms with E-state index in [1.54, 1.807) is 24.1 Å². The highest BCUT2D eigenvalue weighted by atomic mass is 32.2. The summed E-state index contributed by atoms with van der Waals surface area (Å²) in [4.78, 5) is 19.3. The van der Waals surface area contributed by atoms with Crippen LogP contribution in [0, 0.1) is 13.8 Å². The molecule has 152 valence electrons. The molecule has 0 spiro atoms. The van der Waals surface area contributed by atoms with Crippen LogP contribution < -0.4 is 5.14 Å². The maximum Gasteiger partial charge on any atom is 0.238 e. The number of primary sulfonamides is 1. The molecule has 6 nitrogen and oxygen atoms in total. The number of carbonyl (C=O) groups excluding carboxylic acids is 1. The lowest BCUT2D eigenvalue weighted by molar-refractivity contribution is -0.131. The molecule has 1 atom stereocenters. The molecule has 0 saturated carbocycles. The smallest absolute Gasteiger partial charge is 0.238 e. The summed E-state index contributed by atoms with van der Waals surface area (Å²) < 4.78 is 23.2. The second-order valence-corrected chi connectivity index (χ2v) is 8.85. The second-order valence-electron chi connectivity index (χ2n) is 7.29. The average molecular weight is 412 g/mol. The van der Waals surface area contributed by atoms with Crippen molar-refractivity contribution in [2.45, 2.75) is 38.1 Å². The number of rotatable bonds is 5. The van der Waals surface area contributed by atoms with Crippen LogP contribution in [0.5, 0.6) is 0 Å². The standard InChI is InChI=1S/C22H25N3O3S/c1-14-19-10-5-6-11-21(19)24-15(2)20(14)13-22(26)25(4)16(3)17-8-7-9-18(12-17)29(23,27)28/h5-12,16H,13H2,1-4H3,(H2,23,27,28). The quantitative estimate of drug-likeness (QED) is 0.697. The normalized spacial score (nSPS) is 12.7. The molecule has 1 aromatic heterocycles. The van der Waals surface area contributed by atoms with Gasteiger partial charge in [0.05, 0.1) is 22.9 Å². The number of benzene rings is 2. The van der Waals surface area contributed by atoms with Gasteiger partial charge >= 0.3 is 0 Å². The molecule has 1 amide bonds. The lowest BCUT2D eigenvalue weighted by Gasteiger charge is -2.26. The van der Waals surface area contributed by atoms with E-state index in [0.717, 1.165) is 27.7 Å². The number of nitrogens with zero attached hydrogens (tertiary/aromatic N) is 2. The lowest BCUT2D eigenvalue weighted by atomic mass is 9.98. The van der Waals surface area contributed by atoms with Gasteiger partial charge in [-0.15, -0.1) is 0 Å². The molecular weight excluding hydrogens is 386 g/mol. The number of fused-ring (bicyclic) bond motifs is 1. The minimum atomic E-state index is -3.80. The van der Waals surface area contributed by atoms with E-state index in [0.29, 0.717) is 5.56 Å². The van der Waals surface area contributed by atoms with Crippen LogP contribution in [0.2, 0.25) is 0 Å². The summed E-state index contributed by atoms with van der Waals surface area (Å²) in [5, 5.41) is 6.27. The molecule has 1 unspecified atom stereocenters. The predicted molar refractivity (Wildman–Crippen MR) is 114 cm³/mol. The lowest BCUT2D eigenvalue weighted by Crippen LogP contribution is -2.31. The summed E-state index contributed by atoms with van der Waals surface area (Å²) in [6, 6.07) is 14.0. The summed E-state index contributed by atoms with van der Waals surface area (Å²) in [5.41, 5.74) is 4.44. The fourth-order valence-electron chi connectivity index (χ4n) is 3.50. The van der Waals surface area contributed by atoms with Crippen LogP contribution in [0.1, 0.15) is 35.3 Å². The van der Waals surface area contributed by atoms with Gasteiger partial charge < -0.3 is 4.90 Å². The van der Waals surface area contributed by atoms with Gasteiger partial charge in [-0.1, -0.05) is 30.3 Å². The van der Waals surface area contributed by atoms with Crippen molar-refractivity contribution in [3.63, 3.8) is 0 Å². The number of carbonyl (C=O) groups is 1. The molecule has 2 N–H and O–H groups in total. The van der Waals surface area contributed by atoms with Crippen LogP contribution in [0.4, 0.5) is 0 Å². The van der Waals surface area contributed by atoms with Gasteiger partial charge in [-0.2, -0.15) is 0 Å². The molecule has 2 aromatic carbocycles. The first-order chi connectivity index (χ1) is 13.6. The van der Waals surface area contributed by atoms with Gasteiger partial charge in [0.1, 0.15) is 0 Å². The molecule has 0 aliphatic carbocycles. The molecule has 3 rings (SSSR count). The molecule has 29 heavy (non-hydrogen) atoms. The summed E-state index contributed by atoms with van der Waals surface area (Å²) in [6.07, 6.45) is 0.227. The van der Waals surface area contributed by atoms with Gasteiger partial charge in [-0.3, -0.25) is 9.78 Å². The zero-order valence-electron chi connectivity index (χ0n) is 17.0. The van der Waals surface area contributed by atoms with Crippen molar-refractivity contribution in [3.05, 3.63) is 70.9 Å². The molecule has 0 aliphatic rings. The fraction of sp³-hybridized carbons (Fsp3) is 0.273. The molecule has 0 fully saturated rings. The van der Waals surface area contributed by atoms with Crippen LogP contribution in [0.25, 0.3) is 10.9 Å². The summed E-state index contributed by atoms with van der Waals surface area (Å²) in [5.74, 6) is -0.0678. The van der Waals surface area contributed by atoms with E-state index in [-0.39, 0.29) is 23.3 Å². The van der Waals surface area contributed by atoms with E-state index in [2.05, 4.69) is 4.98 Å². The number of aryl methyl sites for hydroxylation is 2. The topological polar surface area (TPSA) is 93.4 Å². The predicted octanol–water partition coefficient (Wildman–Crippen LogP) is 3.26. The van der Waals surface area contributed by atoms with Crippen LogP contribution >= 0.6 is 0 Å². The molecule has 7 heteroatoms. The maximum absolute atomic E-state index is 13.0. The molecule has 3 aromatic rings. The Morgan fingerprint density at radius 1 is 1.14 bits per heavy atom. The summed E-state index contributed by atoms with van der Waals surface area (Å²) >= 11 is 0. The van der Waals surface area contributed by atoms with Gasteiger partial charge in [-0.25, -0.2) is 13.6 Å². The van der Waals surface area contributed by atoms with E-state index in [1.807, 2.05) is 45.0 Å². The Labute approximate surface area is 171 Å². The van der Waals surface area contributed by atoms with Crippen LogP contribution in [0.15, 0.2) is 53.4 Å². The van der Waals surface area contributed by atoms with Crippen molar-refractivity contribution >= 4 is 26.8 Å². The number of nitrogens with two attached hydrogens (primary N) is 1. The van der Waals surface area contributed by atoms with Crippen molar-refractivity contribution in [1.82, 2.24) is 9.88 Å². The first-order valence-electron chi connectivity index (χ1n) is 9.33. The third-order valence-electron chi connectivity index (χ3n) is 5.46. The average Bonchev–Trinajstić information content (AvgIpc) is 2.69. The van der Waals surface area contributed by atoms with Crippen LogP contribution in [0.3, 0.4) is 0 Å². The first kappa shape index (κ1) is 21.0. The Kier molecular flexibility index (Phi) is 5.73. The monoisotopic (exact) mass is 411 g/mol. The maximum atomic E-state index is 13.0. The second kappa shape index (κ2) is 7.93. The molecule has 0 bridgehead atoms. The largest absolute Gasteiger partial charge is 0.339 e. The van der Waals surface area contributed by atoms with E-state index in [1.165, 1.54) is 12.1 Å². The minimum Gasteiger partial charge on any atom is -0.339 e. The number of hydrogen-bond donors (Lipinski definition) is 1. The third-order valence-corrected chi connectivity index (χ3v) is 6.37. The highest BCUT2D eigenvalue weighted by Crippen LogP contribution is 2.26. The van der Waals surface area contributed by atoms with Crippen molar-refractivity contribution in [2.24, 2.45) is 5.14 Å². The van der Waals surface area contributed by atoms with Crippen molar-refractivity contribution in [2.75, 3.05) is 7.05 Å². The molecule has 1 heterocycles. The zero-order chi connectivity index (χ0) is 21.3.